The second-order valence-electron chi connectivity index (χ2n) is 2.95. The second kappa shape index (κ2) is 5.29. The largest absolute Gasteiger partial charge is 0.395 e. The molecule has 84 valence electrons. The Kier molecular flexibility index (Phi) is 4.31. The summed E-state index contributed by atoms with van der Waals surface area (Å²) >= 11 is 0.993. The summed E-state index contributed by atoms with van der Waals surface area (Å²) in [5.74, 6) is -1.41. The van der Waals surface area contributed by atoms with E-state index in [2.05, 4.69) is 0 Å². The first-order valence-electron chi connectivity index (χ1n) is 4.21. The summed E-state index contributed by atoms with van der Waals surface area (Å²) in [5.41, 5.74) is 5.23. The molecule has 0 aliphatic rings. The molecule has 0 aromatic heterocycles. The Balaban J connectivity index is 2.76. The zero-order valence-electron chi connectivity index (χ0n) is 7.78. The molecule has 1 unspecified atom stereocenters. The van der Waals surface area contributed by atoms with Crippen LogP contribution in [0.4, 0.5) is 14.5 Å². The predicted molar refractivity (Wildman–Crippen MR) is 54.6 cm³/mol. The van der Waals surface area contributed by atoms with Crippen LogP contribution in [0.25, 0.3) is 0 Å². The third-order valence-corrected chi connectivity index (χ3v) is 2.90. The number of hydrogen-bond acceptors (Lipinski definition) is 4. The molecule has 0 radical (unpaired) electrons. The van der Waals surface area contributed by atoms with E-state index in [1.165, 1.54) is 0 Å². The van der Waals surface area contributed by atoms with E-state index in [0.29, 0.717) is 6.07 Å². The Hall–Kier alpha value is -0.850. The van der Waals surface area contributed by atoms with Crippen LogP contribution in [0.2, 0.25) is 0 Å². The first-order valence-corrected chi connectivity index (χ1v) is 5.19. The Morgan fingerprint density at radius 2 is 2.07 bits per heavy atom. The molecule has 0 fully saturated rings. The molecule has 0 saturated heterocycles. The van der Waals surface area contributed by atoms with Crippen LogP contribution in [0.15, 0.2) is 17.0 Å². The van der Waals surface area contributed by atoms with Crippen molar-refractivity contribution >= 4 is 17.4 Å². The lowest BCUT2D eigenvalue weighted by molar-refractivity contribution is 0.113. The summed E-state index contributed by atoms with van der Waals surface area (Å²) in [5, 5.41) is 17.6. The molecule has 1 aromatic rings. The summed E-state index contributed by atoms with van der Waals surface area (Å²) < 4.78 is 25.7. The number of nitrogen functional groups attached to an aromatic ring is 1. The highest BCUT2D eigenvalue weighted by Crippen LogP contribution is 2.28. The number of nitrogens with two attached hydrogens (primary N) is 1. The summed E-state index contributed by atoms with van der Waals surface area (Å²) in [4.78, 5) is 0.222. The van der Waals surface area contributed by atoms with Gasteiger partial charge in [0, 0.05) is 16.7 Å². The van der Waals surface area contributed by atoms with Crippen LogP contribution in [0.3, 0.4) is 0 Å². The highest BCUT2D eigenvalue weighted by Gasteiger charge is 2.10. The van der Waals surface area contributed by atoms with Crippen molar-refractivity contribution in [1.29, 1.82) is 0 Å². The van der Waals surface area contributed by atoms with E-state index in [4.69, 9.17) is 15.9 Å². The van der Waals surface area contributed by atoms with E-state index in [9.17, 15) is 8.78 Å². The maximum atomic E-state index is 13.0. The molecule has 0 aliphatic carbocycles. The number of anilines is 1. The first-order chi connectivity index (χ1) is 7.04. The minimum atomic E-state index is -0.930. The standard InChI is InChI=1S/C9H11F2NO2S/c10-5-1-7(11)9(12)8(2-5)15-4-6(14)3-13/h1-2,6,13-14H,3-4,12H2. The maximum absolute atomic E-state index is 13.0. The predicted octanol–water partition coefficient (Wildman–Crippen LogP) is 0.992. The van der Waals surface area contributed by atoms with E-state index in [1.807, 2.05) is 0 Å². The van der Waals surface area contributed by atoms with Crippen molar-refractivity contribution < 1.29 is 19.0 Å². The Morgan fingerprint density at radius 3 is 2.67 bits per heavy atom. The fourth-order valence-corrected chi connectivity index (χ4v) is 1.85. The summed E-state index contributed by atoms with van der Waals surface area (Å²) in [6.07, 6.45) is -0.930. The van der Waals surface area contributed by atoms with Crippen molar-refractivity contribution in [3.63, 3.8) is 0 Å². The van der Waals surface area contributed by atoms with Gasteiger partial charge in [0.2, 0.25) is 0 Å². The molecule has 0 saturated carbocycles. The molecular weight excluding hydrogens is 224 g/mol. The zero-order valence-corrected chi connectivity index (χ0v) is 8.60. The SMILES string of the molecule is Nc1c(F)cc(F)cc1SCC(O)CO. The average Bonchev–Trinajstić information content (AvgIpc) is 2.20. The summed E-state index contributed by atoms with van der Waals surface area (Å²) in [6, 6.07) is 1.79. The number of aliphatic hydroxyl groups excluding tert-OH is 2. The number of benzene rings is 1. The molecule has 3 nitrogen and oxygen atoms in total. The molecule has 1 atom stereocenters. The molecule has 0 spiro atoms. The van der Waals surface area contributed by atoms with Crippen molar-refractivity contribution in [3.05, 3.63) is 23.8 Å². The minimum absolute atomic E-state index is 0.129. The Bertz CT molecular complexity index is 349. The van der Waals surface area contributed by atoms with Gasteiger partial charge in [0.15, 0.2) is 0 Å². The summed E-state index contributed by atoms with van der Waals surface area (Å²) in [7, 11) is 0. The number of halogens is 2. The molecule has 6 heteroatoms. The van der Waals surface area contributed by atoms with E-state index in [1.54, 1.807) is 0 Å². The van der Waals surface area contributed by atoms with Crippen molar-refractivity contribution in [2.24, 2.45) is 0 Å². The van der Waals surface area contributed by atoms with Crippen LogP contribution in [0, 0.1) is 11.6 Å². The molecule has 0 aliphatic heterocycles. The molecule has 1 rings (SSSR count). The van der Waals surface area contributed by atoms with Gasteiger partial charge in [-0.25, -0.2) is 8.78 Å². The van der Waals surface area contributed by atoms with Gasteiger partial charge >= 0.3 is 0 Å². The van der Waals surface area contributed by atoms with Crippen molar-refractivity contribution in [3.8, 4) is 0 Å². The first kappa shape index (κ1) is 12.2. The highest BCUT2D eigenvalue weighted by molar-refractivity contribution is 7.99. The van der Waals surface area contributed by atoms with Gasteiger partial charge in [0.1, 0.15) is 11.6 Å². The number of thioether (sulfide) groups is 1. The lowest BCUT2D eigenvalue weighted by atomic mass is 10.3. The lowest BCUT2D eigenvalue weighted by Crippen LogP contribution is -2.14. The van der Waals surface area contributed by atoms with E-state index in [0.717, 1.165) is 17.8 Å². The Labute approximate surface area is 89.9 Å². The lowest BCUT2D eigenvalue weighted by Gasteiger charge is -2.09. The fourth-order valence-electron chi connectivity index (χ4n) is 0.919. The summed E-state index contributed by atoms with van der Waals surface area (Å²) in [6.45, 7) is -0.398. The molecule has 4 N–H and O–H groups in total. The number of rotatable bonds is 4. The van der Waals surface area contributed by atoms with Crippen LogP contribution >= 0.6 is 11.8 Å². The quantitative estimate of drug-likeness (QED) is 0.538. The zero-order chi connectivity index (χ0) is 11.4. The van der Waals surface area contributed by atoms with Crippen molar-refractivity contribution in [2.45, 2.75) is 11.0 Å². The minimum Gasteiger partial charge on any atom is -0.395 e. The van der Waals surface area contributed by atoms with Crippen molar-refractivity contribution in [1.82, 2.24) is 0 Å². The van der Waals surface area contributed by atoms with E-state index >= 15 is 0 Å². The molecule has 0 bridgehead atoms. The highest BCUT2D eigenvalue weighted by atomic mass is 32.2. The third kappa shape index (κ3) is 3.33. The van der Waals surface area contributed by atoms with Gasteiger partial charge in [-0.2, -0.15) is 0 Å². The maximum Gasteiger partial charge on any atom is 0.150 e. The van der Waals surface area contributed by atoms with Gasteiger partial charge in [0.25, 0.3) is 0 Å². The normalized spacial score (nSPS) is 12.8. The van der Waals surface area contributed by atoms with Crippen LogP contribution in [0.5, 0.6) is 0 Å². The molecule has 1 aromatic carbocycles. The Morgan fingerprint density at radius 1 is 1.40 bits per heavy atom. The van der Waals surface area contributed by atoms with E-state index in [-0.39, 0.29) is 16.3 Å². The van der Waals surface area contributed by atoms with E-state index < -0.39 is 24.3 Å². The monoisotopic (exact) mass is 235 g/mol. The van der Waals surface area contributed by atoms with Crippen molar-refractivity contribution in [2.75, 3.05) is 18.1 Å². The third-order valence-electron chi connectivity index (χ3n) is 1.70. The van der Waals surface area contributed by atoms with Gasteiger partial charge in [0.05, 0.1) is 18.4 Å². The number of hydrogen-bond donors (Lipinski definition) is 3. The van der Waals surface area contributed by atoms with Crippen LogP contribution in [-0.2, 0) is 0 Å². The average molecular weight is 235 g/mol. The molecular formula is C9H11F2NO2S. The van der Waals surface area contributed by atoms with Crippen LogP contribution in [-0.4, -0.2) is 28.7 Å². The topological polar surface area (TPSA) is 66.5 Å². The van der Waals surface area contributed by atoms with Gasteiger partial charge in [-0.15, -0.1) is 11.8 Å². The molecule has 0 amide bonds. The fraction of sp³-hybridized carbons (Fsp3) is 0.333. The second-order valence-corrected chi connectivity index (χ2v) is 4.01. The van der Waals surface area contributed by atoms with Gasteiger partial charge in [-0.05, 0) is 6.07 Å². The smallest absolute Gasteiger partial charge is 0.150 e. The molecule has 0 heterocycles. The van der Waals surface area contributed by atoms with Crippen LogP contribution < -0.4 is 5.73 Å². The van der Waals surface area contributed by atoms with Gasteiger partial charge in [-0.3, -0.25) is 0 Å². The molecule has 15 heavy (non-hydrogen) atoms. The van der Waals surface area contributed by atoms with Gasteiger partial charge < -0.3 is 15.9 Å². The number of aliphatic hydroxyl groups is 2. The van der Waals surface area contributed by atoms with Gasteiger partial charge in [-0.1, -0.05) is 0 Å². The van der Waals surface area contributed by atoms with Crippen LogP contribution in [0.1, 0.15) is 0 Å².